The van der Waals surface area contributed by atoms with Crippen molar-refractivity contribution in [1.29, 1.82) is 0 Å². The second-order valence-corrected chi connectivity index (χ2v) is 4.99. The smallest absolute Gasteiger partial charge is 0.136 e. The molecule has 0 saturated carbocycles. The van der Waals surface area contributed by atoms with E-state index in [0.717, 1.165) is 0 Å². The highest BCUT2D eigenvalue weighted by atomic mass is 79.9. The van der Waals surface area contributed by atoms with Crippen LogP contribution in [0, 0.1) is 5.82 Å². The van der Waals surface area contributed by atoms with E-state index in [1.54, 1.807) is 24.5 Å². The molecule has 0 spiro atoms. The minimum absolute atomic E-state index is 0.0141. The molecule has 2 aromatic rings. The SMILES string of the molecule is OC(COCc1ccco1)COc1cc(F)ccc1Br. The number of furan rings is 1. The fraction of sp³-hybridized carbons (Fsp3) is 0.286. The summed E-state index contributed by atoms with van der Waals surface area (Å²) in [5.74, 6) is 0.632. The van der Waals surface area contributed by atoms with Crippen molar-refractivity contribution in [2.45, 2.75) is 12.7 Å². The van der Waals surface area contributed by atoms with Gasteiger partial charge < -0.3 is 19.0 Å². The molecule has 0 radical (unpaired) electrons. The summed E-state index contributed by atoms with van der Waals surface area (Å²) in [6.07, 6.45) is 0.750. The number of aliphatic hydroxyl groups excluding tert-OH is 1. The van der Waals surface area contributed by atoms with Crippen molar-refractivity contribution in [2.75, 3.05) is 13.2 Å². The van der Waals surface area contributed by atoms with Crippen LogP contribution in [0.25, 0.3) is 0 Å². The minimum atomic E-state index is -0.805. The summed E-state index contributed by atoms with van der Waals surface area (Å²) >= 11 is 3.24. The third-order valence-corrected chi connectivity index (χ3v) is 3.11. The number of hydrogen-bond acceptors (Lipinski definition) is 4. The van der Waals surface area contributed by atoms with Crippen molar-refractivity contribution in [3.05, 3.63) is 52.6 Å². The van der Waals surface area contributed by atoms with Gasteiger partial charge in [-0.05, 0) is 40.2 Å². The molecule has 6 heteroatoms. The van der Waals surface area contributed by atoms with Gasteiger partial charge in [0.15, 0.2) is 0 Å². The first-order chi connectivity index (χ1) is 9.65. The summed E-state index contributed by atoms with van der Waals surface area (Å²) in [5, 5.41) is 9.71. The van der Waals surface area contributed by atoms with Crippen LogP contribution in [-0.4, -0.2) is 24.4 Å². The fourth-order valence-corrected chi connectivity index (χ4v) is 1.87. The van der Waals surface area contributed by atoms with Crippen molar-refractivity contribution < 1.29 is 23.4 Å². The monoisotopic (exact) mass is 344 g/mol. The van der Waals surface area contributed by atoms with Crippen molar-refractivity contribution >= 4 is 15.9 Å². The van der Waals surface area contributed by atoms with Crippen molar-refractivity contribution in [2.24, 2.45) is 0 Å². The molecule has 0 aliphatic rings. The van der Waals surface area contributed by atoms with Gasteiger partial charge >= 0.3 is 0 Å². The Hall–Kier alpha value is -1.37. The lowest BCUT2D eigenvalue weighted by atomic mass is 10.3. The van der Waals surface area contributed by atoms with E-state index in [0.29, 0.717) is 16.0 Å². The van der Waals surface area contributed by atoms with E-state index in [2.05, 4.69) is 15.9 Å². The molecule has 0 bridgehead atoms. The fourth-order valence-electron chi connectivity index (χ4n) is 1.51. The summed E-state index contributed by atoms with van der Waals surface area (Å²) in [5.41, 5.74) is 0. The number of ether oxygens (including phenoxy) is 2. The predicted molar refractivity (Wildman–Crippen MR) is 74.0 cm³/mol. The van der Waals surface area contributed by atoms with Gasteiger partial charge in [-0.25, -0.2) is 4.39 Å². The molecule has 1 unspecified atom stereocenters. The summed E-state index contributed by atoms with van der Waals surface area (Å²) in [7, 11) is 0. The lowest BCUT2D eigenvalue weighted by Crippen LogP contribution is -2.23. The molecule has 0 fully saturated rings. The van der Waals surface area contributed by atoms with Gasteiger partial charge in [-0.15, -0.1) is 0 Å². The molecule has 1 aromatic carbocycles. The summed E-state index contributed by atoms with van der Waals surface area (Å²) in [4.78, 5) is 0. The van der Waals surface area contributed by atoms with E-state index >= 15 is 0 Å². The molecule has 1 aromatic heterocycles. The zero-order chi connectivity index (χ0) is 14.4. The molecule has 4 nitrogen and oxygen atoms in total. The molecule has 0 saturated heterocycles. The molecule has 1 heterocycles. The first-order valence-corrected chi connectivity index (χ1v) is 6.80. The zero-order valence-corrected chi connectivity index (χ0v) is 12.2. The second-order valence-electron chi connectivity index (χ2n) is 4.13. The van der Waals surface area contributed by atoms with Crippen LogP contribution in [0.5, 0.6) is 5.75 Å². The second kappa shape index (κ2) is 7.42. The minimum Gasteiger partial charge on any atom is -0.490 e. The standard InChI is InChI=1S/C14H14BrFO4/c15-13-4-3-10(16)6-14(13)20-8-11(17)7-18-9-12-2-1-5-19-12/h1-6,11,17H,7-9H2. The quantitative estimate of drug-likeness (QED) is 0.838. The summed E-state index contributed by atoms with van der Waals surface area (Å²) in [6.45, 7) is 0.404. The Morgan fingerprint density at radius 3 is 2.90 bits per heavy atom. The molecular formula is C14H14BrFO4. The maximum Gasteiger partial charge on any atom is 0.136 e. The van der Waals surface area contributed by atoms with Crippen LogP contribution in [0.15, 0.2) is 45.5 Å². The summed E-state index contributed by atoms with van der Waals surface area (Å²) in [6, 6.07) is 7.66. The van der Waals surface area contributed by atoms with Gasteiger partial charge in [-0.3, -0.25) is 0 Å². The Kier molecular flexibility index (Phi) is 5.58. The van der Waals surface area contributed by atoms with Crippen molar-refractivity contribution in [1.82, 2.24) is 0 Å². The third kappa shape index (κ3) is 4.63. The van der Waals surface area contributed by atoms with E-state index in [1.165, 1.54) is 12.1 Å². The Bertz CT molecular complexity index is 530. The van der Waals surface area contributed by atoms with Gasteiger partial charge in [0.05, 0.1) is 17.3 Å². The number of rotatable bonds is 7. The molecule has 0 aliphatic carbocycles. The molecule has 2 rings (SSSR count). The van der Waals surface area contributed by atoms with E-state index in [1.807, 2.05) is 0 Å². The van der Waals surface area contributed by atoms with E-state index in [-0.39, 0.29) is 19.8 Å². The maximum atomic E-state index is 13.0. The van der Waals surface area contributed by atoms with Crippen LogP contribution in [0.2, 0.25) is 0 Å². The molecule has 0 aliphatic heterocycles. The van der Waals surface area contributed by atoms with Gasteiger partial charge in [0.25, 0.3) is 0 Å². The molecule has 0 amide bonds. The number of hydrogen-bond donors (Lipinski definition) is 1. The van der Waals surface area contributed by atoms with Crippen molar-refractivity contribution in [3.63, 3.8) is 0 Å². The van der Waals surface area contributed by atoms with Gasteiger partial charge in [0, 0.05) is 6.07 Å². The van der Waals surface area contributed by atoms with Crippen LogP contribution in [-0.2, 0) is 11.3 Å². The highest BCUT2D eigenvalue weighted by Gasteiger charge is 2.09. The predicted octanol–water partition coefficient (Wildman–Crippen LogP) is 3.14. The van der Waals surface area contributed by atoms with Crippen LogP contribution in [0.1, 0.15) is 5.76 Å². The lowest BCUT2D eigenvalue weighted by molar-refractivity contribution is 0.000709. The Labute approximate surface area is 124 Å². The number of aliphatic hydroxyl groups is 1. The average molecular weight is 345 g/mol. The first kappa shape index (κ1) is 15.0. The summed E-state index contributed by atoms with van der Waals surface area (Å²) < 4.78 is 29.3. The van der Waals surface area contributed by atoms with E-state index < -0.39 is 11.9 Å². The Morgan fingerprint density at radius 2 is 2.15 bits per heavy atom. The van der Waals surface area contributed by atoms with Gasteiger partial charge in [-0.1, -0.05) is 0 Å². The highest BCUT2D eigenvalue weighted by molar-refractivity contribution is 9.10. The number of benzene rings is 1. The normalized spacial score (nSPS) is 12.3. The lowest BCUT2D eigenvalue weighted by Gasteiger charge is -2.13. The van der Waals surface area contributed by atoms with Gasteiger partial charge in [-0.2, -0.15) is 0 Å². The highest BCUT2D eigenvalue weighted by Crippen LogP contribution is 2.25. The third-order valence-electron chi connectivity index (χ3n) is 2.46. The van der Waals surface area contributed by atoms with Crippen LogP contribution in [0.3, 0.4) is 0 Å². The molecular weight excluding hydrogens is 331 g/mol. The molecule has 108 valence electrons. The zero-order valence-electron chi connectivity index (χ0n) is 10.6. The van der Waals surface area contributed by atoms with Crippen LogP contribution in [0.4, 0.5) is 4.39 Å². The first-order valence-electron chi connectivity index (χ1n) is 6.01. The Morgan fingerprint density at radius 1 is 1.30 bits per heavy atom. The largest absolute Gasteiger partial charge is 0.490 e. The molecule has 1 atom stereocenters. The van der Waals surface area contributed by atoms with Crippen LogP contribution < -0.4 is 4.74 Å². The van der Waals surface area contributed by atoms with Crippen LogP contribution >= 0.6 is 15.9 Å². The van der Waals surface area contributed by atoms with Gasteiger partial charge in [0.2, 0.25) is 0 Å². The molecule has 1 N–H and O–H groups in total. The van der Waals surface area contributed by atoms with Crippen molar-refractivity contribution in [3.8, 4) is 5.75 Å². The van der Waals surface area contributed by atoms with E-state index in [4.69, 9.17) is 13.9 Å². The number of halogens is 2. The van der Waals surface area contributed by atoms with Gasteiger partial charge in [0.1, 0.15) is 36.6 Å². The van der Waals surface area contributed by atoms with E-state index in [9.17, 15) is 9.50 Å². The maximum absolute atomic E-state index is 13.0. The topological polar surface area (TPSA) is 51.8 Å². The molecule has 20 heavy (non-hydrogen) atoms. The Balaban J connectivity index is 1.71. The average Bonchev–Trinajstić information content (AvgIpc) is 2.93.